The maximum Gasteiger partial charge on any atom is 0.225 e. The molecule has 2 aromatic carbocycles. The zero-order valence-corrected chi connectivity index (χ0v) is 18.5. The van der Waals surface area contributed by atoms with Gasteiger partial charge in [-0.3, -0.25) is 4.90 Å². The van der Waals surface area contributed by atoms with Gasteiger partial charge in [0.05, 0.1) is 5.39 Å². The van der Waals surface area contributed by atoms with E-state index in [1.165, 1.54) is 22.3 Å². The summed E-state index contributed by atoms with van der Waals surface area (Å²) >= 11 is 7.94. The Balaban J connectivity index is 1.43. The molecule has 152 valence electrons. The molecule has 1 aliphatic rings. The fourth-order valence-corrected chi connectivity index (χ4v) is 5.19. The number of hydrogen-bond donors (Lipinski definition) is 0. The minimum Gasteiger partial charge on any atom is -0.353 e. The fourth-order valence-electron chi connectivity index (χ4n) is 4.03. The number of rotatable bonds is 4. The first-order valence-electron chi connectivity index (χ1n) is 10.2. The van der Waals surface area contributed by atoms with E-state index in [9.17, 15) is 0 Å². The van der Waals surface area contributed by atoms with Crippen molar-refractivity contribution in [1.82, 2.24) is 14.9 Å². The summed E-state index contributed by atoms with van der Waals surface area (Å²) < 4.78 is 0. The second kappa shape index (κ2) is 8.34. The minimum absolute atomic E-state index is 0.321. The van der Waals surface area contributed by atoms with Gasteiger partial charge in [-0.15, -0.1) is 11.3 Å². The third kappa shape index (κ3) is 3.93. The third-order valence-electron chi connectivity index (χ3n) is 5.67. The van der Waals surface area contributed by atoms with E-state index in [0.29, 0.717) is 5.28 Å². The summed E-state index contributed by atoms with van der Waals surface area (Å²) in [6.07, 6.45) is 0. The van der Waals surface area contributed by atoms with E-state index in [1.807, 2.05) is 0 Å². The van der Waals surface area contributed by atoms with Crippen molar-refractivity contribution in [3.05, 3.63) is 76.4 Å². The number of halogens is 1. The molecule has 4 nitrogen and oxygen atoms in total. The Hall–Kier alpha value is -2.47. The first kappa shape index (κ1) is 19.5. The van der Waals surface area contributed by atoms with E-state index in [1.54, 1.807) is 11.3 Å². The maximum atomic E-state index is 6.30. The molecule has 3 heterocycles. The first-order valence-corrected chi connectivity index (χ1v) is 11.5. The number of aromatic nitrogens is 2. The van der Waals surface area contributed by atoms with Gasteiger partial charge in [0.2, 0.25) is 5.28 Å². The molecule has 0 saturated carbocycles. The van der Waals surface area contributed by atoms with Crippen LogP contribution >= 0.6 is 22.9 Å². The van der Waals surface area contributed by atoms with Crippen LogP contribution in [0.15, 0.2) is 60.0 Å². The van der Waals surface area contributed by atoms with Crippen LogP contribution in [-0.4, -0.2) is 41.0 Å². The zero-order chi connectivity index (χ0) is 20.5. The Kier molecular flexibility index (Phi) is 5.42. The third-order valence-corrected chi connectivity index (χ3v) is 6.71. The van der Waals surface area contributed by atoms with Crippen molar-refractivity contribution >= 4 is 39.0 Å². The number of thiophene rings is 1. The Morgan fingerprint density at radius 3 is 2.40 bits per heavy atom. The molecule has 0 unspecified atom stereocenters. The van der Waals surface area contributed by atoms with Crippen molar-refractivity contribution in [2.45, 2.75) is 13.5 Å². The highest BCUT2D eigenvalue weighted by atomic mass is 35.5. The number of nitrogens with zero attached hydrogens (tertiary/aromatic N) is 4. The Bertz CT molecular complexity index is 1150. The van der Waals surface area contributed by atoms with Gasteiger partial charge in [-0.05, 0) is 29.7 Å². The Labute approximate surface area is 185 Å². The van der Waals surface area contributed by atoms with Crippen LogP contribution in [0.1, 0.15) is 11.1 Å². The van der Waals surface area contributed by atoms with Gasteiger partial charge in [-0.1, -0.05) is 60.2 Å². The van der Waals surface area contributed by atoms with Gasteiger partial charge >= 0.3 is 0 Å². The smallest absolute Gasteiger partial charge is 0.225 e. The summed E-state index contributed by atoms with van der Waals surface area (Å²) in [6.45, 7) is 6.96. The van der Waals surface area contributed by atoms with Crippen LogP contribution in [0.3, 0.4) is 0 Å². The normalized spacial score (nSPS) is 15.1. The molecule has 0 radical (unpaired) electrons. The molecule has 0 bridgehead atoms. The summed E-state index contributed by atoms with van der Waals surface area (Å²) in [7, 11) is 0. The van der Waals surface area contributed by atoms with Crippen molar-refractivity contribution < 1.29 is 0 Å². The van der Waals surface area contributed by atoms with Crippen molar-refractivity contribution in [3.8, 4) is 11.1 Å². The van der Waals surface area contributed by atoms with Gasteiger partial charge in [0.25, 0.3) is 0 Å². The zero-order valence-electron chi connectivity index (χ0n) is 16.9. The Morgan fingerprint density at radius 1 is 0.933 bits per heavy atom. The molecule has 0 atom stereocenters. The highest BCUT2D eigenvalue weighted by Crippen LogP contribution is 2.39. The lowest BCUT2D eigenvalue weighted by Gasteiger charge is -2.35. The highest BCUT2D eigenvalue weighted by molar-refractivity contribution is 7.17. The average molecular weight is 435 g/mol. The molecule has 2 aromatic heterocycles. The molecule has 6 heteroatoms. The average Bonchev–Trinajstić information content (AvgIpc) is 3.19. The fraction of sp³-hybridized carbons (Fsp3) is 0.250. The van der Waals surface area contributed by atoms with Crippen LogP contribution in [0.4, 0.5) is 5.82 Å². The van der Waals surface area contributed by atoms with Crippen LogP contribution in [0.2, 0.25) is 5.28 Å². The molecule has 0 aliphatic carbocycles. The molecule has 1 aliphatic heterocycles. The van der Waals surface area contributed by atoms with Gasteiger partial charge in [-0.2, -0.15) is 4.98 Å². The molecular weight excluding hydrogens is 412 g/mol. The van der Waals surface area contributed by atoms with Crippen LogP contribution < -0.4 is 4.90 Å². The predicted octanol–water partition coefficient (Wildman–Crippen LogP) is 5.64. The van der Waals surface area contributed by atoms with Crippen LogP contribution in [0, 0.1) is 6.92 Å². The highest BCUT2D eigenvalue weighted by Gasteiger charge is 2.23. The van der Waals surface area contributed by atoms with Gasteiger partial charge in [-0.25, -0.2) is 4.98 Å². The van der Waals surface area contributed by atoms with Gasteiger partial charge < -0.3 is 4.90 Å². The van der Waals surface area contributed by atoms with E-state index in [2.05, 4.69) is 86.7 Å². The topological polar surface area (TPSA) is 32.3 Å². The molecular formula is C24H23ClN4S. The largest absolute Gasteiger partial charge is 0.353 e. The van der Waals surface area contributed by atoms with Crippen molar-refractivity contribution in [1.29, 1.82) is 0 Å². The number of anilines is 1. The number of piperazine rings is 1. The quantitative estimate of drug-likeness (QED) is 0.389. The maximum absolute atomic E-state index is 6.30. The summed E-state index contributed by atoms with van der Waals surface area (Å²) in [5.74, 6) is 0.959. The molecule has 0 spiro atoms. The summed E-state index contributed by atoms with van der Waals surface area (Å²) in [6, 6.07) is 19.3. The van der Waals surface area contributed by atoms with Crippen molar-refractivity contribution in [2.24, 2.45) is 0 Å². The minimum atomic E-state index is 0.321. The lowest BCUT2D eigenvalue weighted by atomic mass is 10.0. The monoisotopic (exact) mass is 434 g/mol. The molecule has 30 heavy (non-hydrogen) atoms. The SMILES string of the molecule is Cc1ccc(-c2csc3nc(Cl)nc(N4CCN(Cc5ccccc5)CC4)c23)cc1. The van der Waals surface area contributed by atoms with E-state index in [0.717, 1.165) is 48.8 Å². The molecule has 1 fully saturated rings. The second-order valence-corrected chi connectivity index (χ2v) is 8.96. The Morgan fingerprint density at radius 2 is 1.67 bits per heavy atom. The van der Waals surface area contributed by atoms with Crippen molar-refractivity contribution in [3.63, 3.8) is 0 Å². The van der Waals surface area contributed by atoms with Crippen molar-refractivity contribution in [2.75, 3.05) is 31.1 Å². The summed E-state index contributed by atoms with van der Waals surface area (Å²) in [5, 5.41) is 3.61. The number of aryl methyl sites for hydroxylation is 1. The lowest BCUT2D eigenvalue weighted by molar-refractivity contribution is 0.249. The van der Waals surface area contributed by atoms with E-state index >= 15 is 0 Å². The molecule has 1 saturated heterocycles. The number of fused-ring (bicyclic) bond motifs is 1. The second-order valence-electron chi connectivity index (χ2n) is 7.76. The summed E-state index contributed by atoms with van der Waals surface area (Å²) in [4.78, 5) is 15.0. The van der Waals surface area contributed by atoms with Gasteiger partial charge in [0.1, 0.15) is 10.6 Å². The standard InChI is InChI=1S/C24H23ClN4S/c1-17-7-9-19(10-8-17)20-16-30-23-21(20)22(26-24(25)27-23)29-13-11-28(12-14-29)15-18-5-3-2-4-6-18/h2-10,16H,11-15H2,1H3. The molecule has 5 rings (SSSR count). The van der Waals surface area contributed by atoms with E-state index in [4.69, 9.17) is 11.6 Å². The van der Waals surface area contributed by atoms with Crippen LogP contribution in [-0.2, 0) is 6.54 Å². The number of hydrogen-bond acceptors (Lipinski definition) is 5. The first-order chi connectivity index (χ1) is 14.7. The van der Waals surface area contributed by atoms with E-state index < -0.39 is 0 Å². The lowest BCUT2D eigenvalue weighted by Crippen LogP contribution is -2.46. The molecule has 4 aromatic rings. The van der Waals surface area contributed by atoms with Gasteiger partial charge in [0.15, 0.2) is 0 Å². The van der Waals surface area contributed by atoms with Crippen LogP contribution in [0.25, 0.3) is 21.3 Å². The predicted molar refractivity (Wildman–Crippen MR) is 127 cm³/mol. The molecule has 0 N–H and O–H groups in total. The number of benzene rings is 2. The molecule has 0 amide bonds. The summed E-state index contributed by atoms with van der Waals surface area (Å²) in [5.41, 5.74) is 5.00. The van der Waals surface area contributed by atoms with Gasteiger partial charge in [0, 0.05) is 43.7 Å². The van der Waals surface area contributed by atoms with E-state index in [-0.39, 0.29) is 0 Å². The van der Waals surface area contributed by atoms with Crippen LogP contribution in [0.5, 0.6) is 0 Å².